The molecule has 104 valence electrons. The topological polar surface area (TPSA) is 64.8 Å². The first kappa shape index (κ1) is 14.0. The standard InChI is InChI=1S/C12H15ClN2O4/c13-11-9-10(1-2-12(11)15(16)17)19-8-5-14-3-6-18-7-4-14/h1-2,9H,3-8H2. The molecular weight excluding hydrogens is 272 g/mol. The second-order valence-electron chi connectivity index (χ2n) is 4.17. The molecule has 1 aromatic rings. The maximum atomic E-state index is 10.6. The molecule has 0 N–H and O–H groups in total. The number of hydrogen-bond acceptors (Lipinski definition) is 5. The Morgan fingerprint density at radius 3 is 2.79 bits per heavy atom. The molecule has 1 heterocycles. The Bertz CT molecular complexity index is 449. The van der Waals surface area contributed by atoms with Crippen LogP contribution in [0, 0.1) is 10.1 Å². The van der Waals surface area contributed by atoms with Crippen LogP contribution in [0.5, 0.6) is 5.75 Å². The van der Waals surface area contributed by atoms with Gasteiger partial charge in [-0.25, -0.2) is 0 Å². The highest BCUT2D eigenvalue weighted by molar-refractivity contribution is 6.32. The van der Waals surface area contributed by atoms with Crippen molar-refractivity contribution in [1.82, 2.24) is 4.90 Å². The average molecular weight is 287 g/mol. The van der Waals surface area contributed by atoms with Gasteiger partial charge in [-0.3, -0.25) is 15.0 Å². The molecular formula is C12H15ClN2O4. The van der Waals surface area contributed by atoms with Gasteiger partial charge >= 0.3 is 0 Å². The largest absolute Gasteiger partial charge is 0.492 e. The first-order valence-corrected chi connectivity index (χ1v) is 6.41. The van der Waals surface area contributed by atoms with E-state index in [0.29, 0.717) is 12.4 Å². The van der Waals surface area contributed by atoms with Gasteiger partial charge in [0.1, 0.15) is 17.4 Å². The smallest absolute Gasteiger partial charge is 0.288 e. The summed E-state index contributed by atoms with van der Waals surface area (Å²) in [7, 11) is 0. The summed E-state index contributed by atoms with van der Waals surface area (Å²) in [5, 5.41) is 10.7. The Kier molecular flexibility index (Phi) is 4.95. The molecule has 2 rings (SSSR count). The molecule has 0 aromatic heterocycles. The summed E-state index contributed by atoms with van der Waals surface area (Å²) in [5.74, 6) is 0.545. The number of rotatable bonds is 5. The van der Waals surface area contributed by atoms with Crippen molar-refractivity contribution in [2.75, 3.05) is 39.5 Å². The lowest BCUT2D eigenvalue weighted by Gasteiger charge is -2.26. The van der Waals surface area contributed by atoms with Gasteiger partial charge in [0, 0.05) is 31.8 Å². The minimum atomic E-state index is -0.514. The van der Waals surface area contributed by atoms with Crippen molar-refractivity contribution in [2.45, 2.75) is 0 Å². The van der Waals surface area contributed by atoms with E-state index in [1.54, 1.807) is 6.07 Å². The minimum Gasteiger partial charge on any atom is -0.492 e. The van der Waals surface area contributed by atoms with Crippen LogP contribution in [0.25, 0.3) is 0 Å². The Morgan fingerprint density at radius 1 is 1.42 bits per heavy atom. The first-order valence-electron chi connectivity index (χ1n) is 6.03. The molecule has 0 saturated carbocycles. The second kappa shape index (κ2) is 6.70. The number of ether oxygens (including phenoxy) is 2. The SMILES string of the molecule is O=[N+]([O-])c1ccc(OCCN2CCOCC2)cc1Cl. The Hall–Kier alpha value is -1.37. The lowest BCUT2D eigenvalue weighted by Crippen LogP contribution is -2.38. The molecule has 19 heavy (non-hydrogen) atoms. The summed E-state index contributed by atoms with van der Waals surface area (Å²) in [6.45, 7) is 4.65. The normalized spacial score (nSPS) is 16.3. The van der Waals surface area contributed by atoms with Gasteiger partial charge in [-0.05, 0) is 6.07 Å². The monoisotopic (exact) mass is 286 g/mol. The fourth-order valence-electron chi connectivity index (χ4n) is 1.84. The molecule has 1 aliphatic rings. The molecule has 1 aliphatic heterocycles. The van der Waals surface area contributed by atoms with Gasteiger partial charge in [0.05, 0.1) is 18.1 Å². The van der Waals surface area contributed by atoms with Crippen molar-refractivity contribution in [3.63, 3.8) is 0 Å². The maximum Gasteiger partial charge on any atom is 0.288 e. The highest BCUT2D eigenvalue weighted by atomic mass is 35.5. The van der Waals surface area contributed by atoms with Crippen LogP contribution in [-0.4, -0.2) is 49.3 Å². The number of hydrogen-bond donors (Lipinski definition) is 0. The summed E-state index contributed by atoms with van der Waals surface area (Å²) in [6.07, 6.45) is 0. The fraction of sp³-hybridized carbons (Fsp3) is 0.500. The van der Waals surface area contributed by atoms with Gasteiger partial charge in [0.15, 0.2) is 0 Å². The van der Waals surface area contributed by atoms with Crippen molar-refractivity contribution >= 4 is 17.3 Å². The molecule has 0 amide bonds. The number of nitrogens with zero attached hydrogens (tertiary/aromatic N) is 2. The van der Waals surface area contributed by atoms with E-state index in [-0.39, 0.29) is 10.7 Å². The van der Waals surface area contributed by atoms with E-state index in [1.165, 1.54) is 12.1 Å². The van der Waals surface area contributed by atoms with Crippen molar-refractivity contribution in [2.24, 2.45) is 0 Å². The highest BCUT2D eigenvalue weighted by Gasteiger charge is 2.13. The summed E-state index contributed by atoms with van der Waals surface area (Å²) in [5.41, 5.74) is -0.109. The van der Waals surface area contributed by atoms with Gasteiger partial charge in [0.2, 0.25) is 0 Å². The molecule has 7 heteroatoms. The third-order valence-electron chi connectivity index (χ3n) is 2.90. The first-order chi connectivity index (χ1) is 9.16. The molecule has 0 atom stereocenters. The molecule has 1 fully saturated rings. The fourth-order valence-corrected chi connectivity index (χ4v) is 2.08. The summed E-state index contributed by atoms with van der Waals surface area (Å²) in [6, 6.07) is 4.38. The van der Waals surface area contributed by atoms with Gasteiger partial charge in [-0.2, -0.15) is 0 Å². The van der Waals surface area contributed by atoms with Gasteiger partial charge in [-0.1, -0.05) is 11.6 Å². The average Bonchev–Trinajstić information content (AvgIpc) is 2.39. The van der Waals surface area contributed by atoms with E-state index in [1.807, 2.05) is 0 Å². The van der Waals surface area contributed by atoms with Crippen LogP contribution in [0.2, 0.25) is 5.02 Å². The third-order valence-corrected chi connectivity index (χ3v) is 3.20. The van der Waals surface area contributed by atoms with Crippen LogP contribution in [0.3, 0.4) is 0 Å². The second-order valence-corrected chi connectivity index (χ2v) is 4.58. The van der Waals surface area contributed by atoms with Crippen LogP contribution >= 0.6 is 11.6 Å². The Morgan fingerprint density at radius 2 is 2.16 bits per heavy atom. The lowest BCUT2D eigenvalue weighted by atomic mass is 10.3. The molecule has 1 saturated heterocycles. The summed E-state index contributed by atoms with van der Waals surface area (Å²) >= 11 is 5.80. The molecule has 0 spiro atoms. The van der Waals surface area contributed by atoms with Crippen LogP contribution < -0.4 is 4.74 Å². The van der Waals surface area contributed by atoms with Crippen molar-refractivity contribution in [3.05, 3.63) is 33.3 Å². The van der Waals surface area contributed by atoms with Crippen molar-refractivity contribution in [3.8, 4) is 5.75 Å². The van der Waals surface area contributed by atoms with Crippen LogP contribution in [0.15, 0.2) is 18.2 Å². The van der Waals surface area contributed by atoms with E-state index >= 15 is 0 Å². The molecule has 0 aliphatic carbocycles. The predicted molar refractivity (Wildman–Crippen MR) is 70.9 cm³/mol. The van der Waals surface area contributed by atoms with Crippen molar-refractivity contribution < 1.29 is 14.4 Å². The zero-order chi connectivity index (χ0) is 13.7. The lowest BCUT2D eigenvalue weighted by molar-refractivity contribution is -0.384. The number of nitro benzene ring substituents is 1. The number of halogens is 1. The summed E-state index contributed by atoms with van der Waals surface area (Å²) < 4.78 is 10.8. The van der Waals surface area contributed by atoms with Crippen LogP contribution in [-0.2, 0) is 4.74 Å². The van der Waals surface area contributed by atoms with Gasteiger partial charge < -0.3 is 9.47 Å². The Balaban J connectivity index is 1.82. The third kappa shape index (κ3) is 4.05. The van der Waals surface area contributed by atoms with E-state index in [2.05, 4.69) is 4.90 Å². The number of nitro groups is 1. The summed E-state index contributed by atoms with van der Waals surface area (Å²) in [4.78, 5) is 12.3. The number of benzene rings is 1. The van der Waals surface area contributed by atoms with Gasteiger partial charge in [0.25, 0.3) is 5.69 Å². The maximum absolute atomic E-state index is 10.6. The molecule has 0 bridgehead atoms. The molecule has 6 nitrogen and oxygen atoms in total. The van der Waals surface area contributed by atoms with Crippen LogP contribution in [0.1, 0.15) is 0 Å². The molecule has 1 aromatic carbocycles. The van der Waals surface area contributed by atoms with Crippen LogP contribution in [0.4, 0.5) is 5.69 Å². The molecule has 0 unspecified atom stereocenters. The van der Waals surface area contributed by atoms with E-state index in [4.69, 9.17) is 21.1 Å². The molecule has 0 radical (unpaired) electrons. The van der Waals surface area contributed by atoms with E-state index in [9.17, 15) is 10.1 Å². The van der Waals surface area contributed by atoms with Crippen molar-refractivity contribution in [1.29, 1.82) is 0 Å². The van der Waals surface area contributed by atoms with E-state index < -0.39 is 4.92 Å². The minimum absolute atomic E-state index is 0.0915. The van der Waals surface area contributed by atoms with Gasteiger partial charge in [-0.15, -0.1) is 0 Å². The predicted octanol–water partition coefficient (Wildman–Crippen LogP) is 1.96. The van der Waals surface area contributed by atoms with E-state index in [0.717, 1.165) is 32.8 Å². The Labute approximate surface area is 116 Å². The quantitative estimate of drug-likeness (QED) is 0.611. The zero-order valence-corrected chi connectivity index (χ0v) is 11.1. The number of morpholine rings is 1. The highest BCUT2D eigenvalue weighted by Crippen LogP contribution is 2.28. The zero-order valence-electron chi connectivity index (χ0n) is 10.4.